The first kappa shape index (κ1) is 13.5. The third-order valence-corrected chi connectivity index (χ3v) is 3.57. The molecule has 0 amide bonds. The zero-order chi connectivity index (χ0) is 12.8. The van der Waals surface area contributed by atoms with Crippen molar-refractivity contribution in [1.29, 1.82) is 0 Å². The standard InChI is InChI=1S/C15H24N2O/c1-3-16-15(7-6-14-5-4-10-18-14)13-8-9-17-12(2)11-13/h8-9,11,14-16H,3-7,10H2,1-2H3. The molecule has 3 heteroatoms. The highest BCUT2D eigenvalue weighted by atomic mass is 16.5. The smallest absolute Gasteiger partial charge is 0.0576 e. The molecule has 1 aliphatic rings. The Morgan fingerprint density at radius 3 is 3.11 bits per heavy atom. The maximum absolute atomic E-state index is 5.70. The van der Waals surface area contributed by atoms with Crippen molar-refractivity contribution in [3.05, 3.63) is 29.6 Å². The maximum Gasteiger partial charge on any atom is 0.0576 e. The Morgan fingerprint density at radius 1 is 1.56 bits per heavy atom. The van der Waals surface area contributed by atoms with Crippen LogP contribution in [0.1, 0.15) is 49.9 Å². The molecule has 0 bridgehead atoms. The molecule has 1 fully saturated rings. The number of aromatic nitrogens is 1. The minimum Gasteiger partial charge on any atom is -0.378 e. The summed E-state index contributed by atoms with van der Waals surface area (Å²) in [6, 6.07) is 4.74. The Bertz CT molecular complexity index is 361. The summed E-state index contributed by atoms with van der Waals surface area (Å²) >= 11 is 0. The van der Waals surface area contributed by atoms with Gasteiger partial charge >= 0.3 is 0 Å². The second-order valence-electron chi connectivity index (χ2n) is 5.05. The van der Waals surface area contributed by atoms with Crippen molar-refractivity contribution in [2.75, 3.05) is 13.2 Å². The topological polar surface area (TPSA) is 34.1 Å². The second-order valence-corrected chi connectivity index (χ2v) is 5.05. The number of ether oxygens (including phenoxy) is 1. The lowest BCUT2D eigenvalue weighted by Crippen LogP contribution is -2.22. The molecular weight excluding hydrogens is 224 g/mol. The second kappa shape index (κ2) is 6.86. The highest BCUT2D eigenvalue weighted by molar-refractivity contribution is 5.19. The molecule has 1 aromatic heterocycles. The summed E-state index contributed by atoms with van der Waals surface area (Å²) in [7, 11) is 0. The summed E-state index contributed by atoms with van der Waals surface area (Å²) in [5.74, 6) is 0. The summed E-state index contributed by atoms with van der Waals surface area (Å²) < 4.78 is 5.70. The van der Waals surface area contributed by atoms with Crippen LogP contribution in [0.2, 0.25) is 0 Å². The molecule has 0 aliphatic carbocycles. The minimum absolute atomic E-state index is 0.431. The van der Waals surface area contributed by atoms with E-state index in [0.29, 0.717) is 12.1 Å². The molecule has 1 saturated heterocycles. The molecule has 100 valence electrons. The van der Waals surface area contributed by atoms with Gasteiger partial charge in [-0.1, -0.05) is 6.92 Å². The fourth-order valence-electron chi connectivity index (χ4n) is 2.64. The van der Waals surface area contributed by atoms with Crippen LogP contribution >= 0.6 is 0 Å². The molecule has 1 N–H and O–H groups in total. The number of hydrogen-bond acceptors (Lipinski definition) is 3. The van der Waals surface area contributed by atoms with Crippen molar-refractivity contribution in [2.45, 2.75) is 51.7 Å². The van der Waals surface area contributed by atoms with Gasteiger partial charge in [0.15, 0.2) is 0 Å². The molecule has 18 heavy (non-hydrogen) atoms. The highest BCUT2D eigenvalue weighted by Gasteiger charge is 2.18. The van der Waals surface area contributed by atoms with Crippen LogP contribution < -0.4 is 5.32 Å². The van der Waals surface area contributed by atoms with Crippen molar-refractivity contribution in [3.63, 3.8) is 0 Å². The average Bonchev–Trinajstić information content (AvgIpc) is 2.87. The van der Waals surface area contributed by atoms with Crippen LogP contribution in [0.25, 0.3) is 0 Å². The largest absolute Gasteiger partial charge is 0.378 e. The fraction of sp³-hybridized carbons (Fsp3) is 0.667. The average molecular weight is 248 g/mol. The molecule has 0 radical (unpaired) electrons. The third kappa shape index (κ3) is 3.79. The van der Waals surface area contributed by atoms with Crippen molar-refractivity contribution in [2.24, 2.45) is 0 Å². The maximum atomic E-state index is 5.70. The van der Waals surface area contributed by atoms with Gasteiger partial charge in [-0.15, -0.1) is 0 Å². The Morgan fingerprint density at radius 2 is 2.44 bits per heavy atom. The van der Waals surface area contributed by atoms with E-state index in [1.165, 1.54) is 18.4 Å². The molecular formula is C15H24N2O. The van der Waals surface area contributed by atoms with Gasteiger partial charge in [0, 0.05) is 24.5 Å². The molecule has 0 spiro atoms. The summed E-state index contributed by atoms with van der Waals surface area (Å²) in [4.78, 5) is 4.27. The Kier molecular flexibility index (Phi) is 5.14. The van der Waals surface area contributed by atoms with Crippen molar-refractivity contribution >= 4 is 0 Å². The molecule has 2 rings (SSSR count). The van der Waals surface area contributed by atoms with Crippen LogP contribution in [-0.4, -0.2) is 24.2 Å². The van der Waals surface area contributed by atoms with Crippen molar-refractivity contribution in [1.82, 2.24) is 10.3 Å². The van der Waals surface area contributed by atoms with Gasteiger partial charge in [0.1, 0.15) is 0 Å². The van der Waals surface area contributed by atoms with Crippen LogP contribution in [-0.2, 0) is 4.74 Å². The zero-order valence-corrected chi connectivity index (χ0v) is 11.5. The van der Waals surface area contributed by atoms with E-state index < -0.39 is 0 Å². The molecule has 1 aromatic rings. The number of nitrogens with one attached hydrogen (secondary N) is 1. The van der Waals surface area contributed by atoms with Gasteiger partial charge in [0.25, 0.3) is 0 Å². The van der Waals surface area contributed by atoms with Gasteiger partial charge in [0.05, 0.1) is 6.10 Å². The first-order valence-corrected chi connectivity index (χ1v) is 7.07. The SMILES string of the molecule is CCNC(CCC1CCCO1)c1ccnc(C)c1. The molecule has 0 saturated carbocycles. The third-order valence-electron chi connectivity index (χ3n) is 3.57. The van der Waals surface area contributed by atoms with E-state index in [-0.39, 0.29) is 0 Å². The fourth-order valence-corrected chi connectivity index (χ4v) is 2.64. The van der Waals surface area contributed by atoms with Crippen LogP contribution in [0.15, 0.2) is 18.3 Å². The Labute approximate surface area is 110 Å². The molecule has 0 aromatic carbocycles. The van der Waals surface area contributed by atoms with E-state index in [1.54, 1.807) is 0 Å². The van der Waals surface area contributed by atoms with Crippen LogP contribution in [0.4, 0.5) is 0 Å². The molecule has 3 nitrogen and oxygen atoms in total. The van der Waals surface area contributed by atoms with E-state index in [9.17, 15) is 0 Å². The minimum atomic E-state index is 0.431. The van der Waals surface area contributed by atoms with Crippen LogP contribution in [0, 0.1) is 6.92 Å². The lowest BCUT2D eigenvalue weighted by Gasteiger charge is -2.20. The predicted octanol–water partition coefficient (Wildman–Crippen LogP) is 3.00. The van der Waals surface area contributed by atoms with Crippen LogP contribution in [0.3, 0.4) is 0 Å². The molecule has 2 atom stereocenters. The number of nitrogens with zero attached hydrogens (tertiary/aromatic N) is 1. The quantitative estimate of drug-likeness (QED) is 0.840. The summed E-state index contributed by atoms with van der Waals surface area (Å²) in [6.45, 7) is 6.15. The van der Waals surface area contributed by atoms with Gasteiger partial charge in [-0.3, -0.25) is 4.98 Å². The lowest BCUT2D eigenvalue weighted by molar-refractivity contribution is 0.0996. The Balaban J connectivity index is 1.94. The van der Waals surface area contributed by atoms with E-state index in [1.807, 2.05) is 13.1 Å². The zero-order valence-electron chi connectivity index (χ0n) is 11.5. The predicted molar refractivity (Wildman–Crippen MR) is 73.6 cm³/mol. The van der Waals surface area contributed by atoms with Crippen molar-refractivity contribution < 1.29 is 4.74 Å². The molecule has 1 aliphatic heterocycles. The van der Waals surface area contributed by atoms with E-state index in [2.05, 4.69) is 29.4 Å². The van der Waals surface area contributed by atoms with E-state index in [0.717, 1.165) is 31.7 Å². The van der Waals surface area contributed by atoms with Gasteiger partial charge in [0.2, 0.25) is 0 Å². The Hall–Kier alpha value is -0.930. The van der Waals surface area contributed by atoms with Gasteiger partial charge in [-0.05, 0) is 56.8 Å². The van der Waals surface area contributed by atoms with E-state index in [4.69, 9.17) is 4.74 Å². The lowest BCUT2D eigenvalue weighted by atomic mass is 9.99. The highest BCUT2D eigenvalue weighted by Crippen LogP contribution is 2.24. The number of rotatable bonds is 6. The van der Waals surface area contributed by atoms with Gasteiger partial charge in [-0.2, -0.15) is 0 Å². The number of hydrogen-bond donors (Lipinski definition) is 1. The molecule has 2 heterocycles. The summed E-state index contributed by atoms with van der Waals surface area (Å²) in [6.07, 6.45) is 7.13. The number of aryl methyl sites for hydroxylation is 1. The summed E-state index contributed by atoms with van der Waals surface area (Å²) in [5.41, 5.74) is 2.44. The first-order valence-electron chi connectivity index (χ1n) is 7.07. The van der Waals surface area contributed by atoms with Gasteiger partial charge < -0.3 is 10.1 Å². The van der Waals surface area contributed by atoms with Crippen molar-refractivity contribution in [3.8, 4) is 0 Å². The normalized spacial score (nSPS) is 21.1. The summed E-state index contributed by atoms with van der Waals surface area (Å²) in [5, 5.41) is 3.57. The monoisotopic (exact) mass is 248 g/mol. The van der Waals surface area contributed by atoms with E-state index >= 15 is 0 Å². The first-order chi connectivity index (χ1) is 8.79. The number of pyridine rings is 1. The molecule has 2 unspecified atom stereocenters. The van der Waals surface area contributed by atoms with Crippen LogP contribution in [0.5, 0.6) is 0 Å². The van der Waals surface area contributed by atoms with Gasteiger partial charge in [-0.25, -0.2) is 0 Å².